The van der Waals surface area contributed by atoms with Crippen LogP contribution in [-0.2, 0) is 18.5 Å². The number of hydrogen-bond donors (Lipinski definition) is 0. The molecule has 2 aromatic carbocycles. The zero-order chi connectivity index (χ0) is 16.8. The van der Waals surface area contributed by atoms with Crippen molar-refractivity contribution in [1.82, 2.24) is 19.6 Å². The second kappa shape index (κ2) is 6.29. The van der Waals surface area contributed by atoms with Gasteiger partial charge in [0.2, 0.25) is 0 Å². The Hall–Kier alpha value is -1.16. The Balaban J connectivity index is 1.65. The van der Waals surface area contributed by atoms with Gasteiger partial charge < -0.3 is 0 Å². The fourth-order valence-corrected chi connectivity index (χ4v) is 6.44. The summed E-state index contributed by atoms with van der Waals surface area (Å²) in [5.74, 6) is 0. The van der Waals surface area contributed by atoms with E-state index < -0.39 is 0 Å². The first-order chi connectivity index (χ1) is 11.5. The van der Waals surface area contributed by atoms with Crippen molar-refractivity contribution >= 4 is 44.4 Å². The van der Waals surface area contributed by atoms with Gasteiger partial charge in [0.05, 0.1) is 0 Å². The first-order valence-corrected chi connectivity index (χ1v) is 11.3. The molecule has 0 aliphatic heterocycles. The zero-order valence-corrected chi connectivity index (χ0v) is 18.0. The van der Waals surface area contributed by atoms with Gasteiger partial charge in [0, 0.05) is 0 Å². The molecule has 2 heterocycles. The molecule has 124 valence electrons. The number of aryl methyl sites for hydroxylation is 3. The van der Waals surface area contributed by atoms with Crippen molar-refractivity contribution in [3.05, 3.63) is 54.9 Å². The maximum absolute atomic E-state index is 4.68. The third kappa shape index (κ3) is 2.83. The van der Waals surface area contributed by atoms with Crippen LogP contribution in [0.15, 0.2) is 36.4 Å². The standard InChI is InChI=1S/C18H17I2N4/c1-11-4-6-13-15(8-11)21-24(3)18(13)20-10-12-5-7-14-16(9-12)23(2)22-17(14)19/h4-9H,10H2,1-3H3/q-1. The monoisotopic (exact) mass is 543 g/mol. The Labute approximate surface area is 164 Å². The van der Waals surface area contributed by atoms with Crippen molar-refractivity contribution < 1.29 is 21.2 Å². The van der Waals surface area contributed by atoms with Crippen molar-refractivity contribution in [2.75, 3.05) is 0 Å². The SMILES string of the molecule is Cc1ccc2c([I-]Cc3ccc4c(I)nn(C)c4c3)n(C)nc2c1. The van der Waals surface area contributed by atoms with Crippen LogP contribution in [0.1, 0.15) is 11.1 Å². The Morgan fingerprint density at radius 2 is 1.79 bits per heavy atom. The topological polar surface area (TPSA) is 35.6 Å². The first-order valence-electron chi connectivity index (χ1n) is 7.66. The molecule has 0 bridgehead atoms. The summed E-state index contributed by atoms with van der Waals surface area (Å²) in [5, 5.41) is 11.7. The second-order valence-corrected chi connectivity index (χ2v) is 9.54. The fraction of sp³-hybridized carbons (Fsp3) is 0.222. The summed E-state index contributed by atoms with van der Waals surface area (Å²) in [7, 11) is 4.08. The summed E-state index contributed by atoms with van der Waals surface area (Å²) in [6.45, 7) is 2.12. The number of rotatable bonds is 3. The van der Waals surface area contributed by atoms with Gasteiger partial charge in [-0.25, -0.2) is 0 Å². The van der Waals surface area contributed by atoms with Gasteiger partial charge in [0.15, 0.2) is 0 Å². The van der Waals surface area contributed by atoms with Crippen LogP contribution < -0.4 is 21.2 Å². The number of fused-ring (bicyclic) bond motifs is 2. The van der Waals surface area contributed by atoms with Gasteiger partial charge in [-0.2, -0.15) is 0 Å². The van der Waals surface area contributed by atoms with Crippen LogP contribution in [0.25, 0.3) is 21.8 Å². The van der Waals surface area contributed by atoms with Gasteiger partial charge in [0.25, 0.3) is 0 Å². The van der Waals surface area contributed by atoms with E-state index in [1.807, 2.05) is 11.7 Å². The van der Waals surface area contributed by atoms with E-state index in [-0.39, 0.29) is 21.2 Å². The van der Waals surface area contributed by atoms with Crippen LogP contribution in [0.3, 0.4) is 0 Å². The van der Waals surface area contributed by atoms with Crippen LogP contribution >= 0.6 is 22.6 Å². The molecule has 0 aliphatic rings. The number of halogens is 2. The first kappa shape index (κ1) is 16.3. The van der Waals surface area contributed by atoms with Gasteiger partial charge >= 0.3 is 166 Å². The summed E-state index contributed by atoms with van der Waals surface area (Å²) in [4.78, 5) is 0. The summed E-state index contributed by atoms with van der Waals surface area (Å²) >= 11 is 2.16. The van der Waals surface area contributed by atoms with E-state index in [9.17, 15) is 0 Å². The molecule has 0 N–H and O–H groups in total. The summed E-state index contributed by atoms with van der Waals surface area (Å²) in [6.07, 6.45) is 0. The zero-order valence-electron chi connectivity index (χ0n) is 13.7. The average Bonchev–Trinajstić information content (AvgIpc) is 3.01. The van der Waals surface area contributed by atoms with Crippen LogP contribution in [0.2, 0.25) is 0 Å². The van der Waals surface area contributed by atoms with E-state index in [4.69, 9.17) is 0 Å². The maximum atomic E-state index is 4.68. The molecule has 2 aromatic heterocycles. The number of nitrogens with zero attached hydrogens (tertiary/aromatic N) is 4. The normalized spacial score (nSPS) is 11.8. The van der Waals surface area contributed by atoms with Crippen LogP contribution in [-0.4, -0.2) is 19.6 Å². The predicted octanol–water partition coefficient (Wildman–Crippen LogP) is 0.832. The van der Waals surface area contributed by atoms with Crippen molar-refractivity contribution in [2.45, 2.75) is 11.4 Å². The molecule has 0 saturated carbocycles. The molecular formula is C18H17I2N4-. The van der Waals surface area contributed by atoms with E-state index in [2.05, 4.69) is 87.8 Å². The second-order valence-electron chi connectivity index (χ2n) is 5.97. The Kier molecular flexibility index (Phi) is 4.27. The molecule has 6 heteroatoms. The molecule has 0 spiro atoms. The summed E-state index contributed by atoms with van der Waals surface area (Å²) in [5.41, 5.74) is 4.98. The van der Waals surface area contributed by atoms with E-state index in [1.165, 1.54) is 31.1 Å². The third-order valence-electron chi connectivity index (χ3n) is 4.14. The van der Waals surface area contributed by atoms with E-state index in [0.717, 1.165) is 13.6 Å². The van der Waals surface area contributed by atoms with Gasteiger partial charge in [-0.1, -0.05) is 0 Å². The third-order valence-corrected chi connectivity index (χ3v) is 8.20. The number of aromatic nitrogens is 4. The van der Waals surface area contributed by atoms with Gasteiger partial charge in [-0.05, 0) is 0 Å². The van der Waals surface area contributed by atoms with E-state index in [1.54, 1.807) is 0 Å². The molecule has 4 aromatic rings. The molecule has 0 fully saturated rings. The number of benzene rings is 2. The van der Waals surface area contributed by atoms with Crippen LogP contribution in [0.5, 0.6) is 0 Å². The molecule has 0 atom stereocenters. The van der Waals surface area contributed by atoms with Crippen LogP contribution in [0.4, 0.5) is 0 Å². The molecule has 0 saturated heterocycles. The van der Waals surface area contributed by atoms with Gasteiger partial charge in [-0.3, -0.25) is 0 Å². The van der Waals surface area contributed by atoms with Crippen molar-refractivity contribution in [2.24, 2.45) is 14.1 Å². The van der Waals surface area contributed by atoms with E-state index >= 15 is 0 Å². The number of hydrogen-bond acceptors (Lipinski definition) is 2. The van der Waals surface area contributed by atoms with E-state index in [0.29, 0.717) is 0 Å². The molecule has 4 rings (SSSR count). The molecule has 0 aliphatic carbocycles. The van der Waals surface area contributed by atoms with Gasteiger partial charge in [-0.15, -0.1) is 0 Å². The predicted molar refractivity (Wildman–Crippen MR) is 101 cm³/mol. The molecule has 24 heavy (non-hydrogen) atoms. The summed E-state index contributed by atoms with van der Waals surface area (Å²) in [6, 6.07) is 13.3. The molecule has 0 radical (unpaired) electrons. The van der Waals surface area contributed by atoms with Crippen LogP contribution in [0, 0.1) is 14.3 Å². The minimum atomic E-state index is -0.139. The Morgan fingerprint density at radius 3 is 2.62 bits per heavy atom. The van der Waals surface area contributed by atoms with Crippen molar-refractivity contribution in [3.8, 4) is 0 Å². The molecule has 0 amide bonds. The van der Waals surface area contributed by atoms with Gasteiger partial charge in [0.1, 0.15) is 0 Å². The quantitative estimate of drug-likeness (QED) is 0.284. The Morgan fingerprint density at radius 1 is 1.00 bits per heavy atom. The minimum absolute atomic E-state index is 0.139. The Bertz CT molecular complexity index is 1060. The number of alkyl halides is 1. The molecule has 0 unspecified atom stereocenters. The summed E-state index contributed by atoms with van der Waals surface area (Å²) < 4.78 is 7.63. The fourth-order valence-electron chi connectivity index (χ4n) is 2.92. The van der Waals surface area contributed by atoms with Crippen molar-refractivity contribution in [1.29, 1.82) is 0 Å². The molecule has 4 nitrogen and oxygen atoms in total. The average molecular weight is 543 g/mol. The molecular weight excluding hydrogens is 526 g/mol. The van der Waals surface area contributed by atoms with Crippen molar-refractivity contribution in [3.63, 3.8) is 0 Å².